The van der Waals surface area contributed by atoms with Gasteiger partial charge < -0.3 is 0 Å². The van der Waals surface area contributed by atoms with E-state index in [-0.39, 0.29) is 0 Å². The van der Waals surface area contributed by atoms with Crippen molar-refractivity contribution >= 4 is 11.9 Å². The van der Waals surface area contributed by atoms with Crippen LogP contribution < -0.4 is 4.72 Å². The molecule has 1 aliphatic carbocycles. The van der Waals surface area contributed by atoms with Crippen LogP contribution >= 0.6 is 11.9 Å². The van der Waals surface area contributed by atoms with Gasteiger partial charge in [0.2, 0.25) is 0 Å². The zero-order chi connectivity index (χ0) is 5.82. The maximum absolute atomic E-state index is 3.36. The Morgan fingerprint density at radius 2 is 2.00 bits per heavy atom. The van der Waals surface area contributed by atoms with Crippen molar-refractivity contribution in [3.8, 4) is 0 Å². The lowest BCUT2D eigenvalue weighted by Crippen LogP contribution is -2.17. The first kappa shape index (κ1) is 6.43. The molecule has 1 nitrogen and oxygen atoms in total. The summed E-state index contributed by atoms with van der Waals surface area (Å²) in [5.41, 5.74) is 0. The quantitative estimate of drug-likeness (QED) is 0.573. The SMILES string of the molecule is CSNC1CCCC1. The van der Waals surface area contributed by atoms with E-state index in [1.165, 1.54) is 25.7 Å². The van der Waals surface area contributed by atoms with Crippen LogP contribution in [0.3, 0.4) is 0 Å². The fraction of sp³-hybridized carbons (Fsp3) is 1.00. The Bertz CT molecular complexity index is 59.5. The summed E-state index contributed by atoms with van der Waals surface area (Å²) in [6, 6.07) is 0.824. The largest absolute Gasteiger partial charge is 0.261 e. The molecule has 1 N–H and O–H groups in total. The van der Waals surface area contributed by atoms with Crippen molar-refractivity contribution in [2.75, 3.05) is 6.26 Å². The molecule has 0 amide bonds. The normalized spacial score (nSPS) is 22.1. The summed E-state index contributed by atoms with van der Waals surface area (Å²) in [5, 5.41) is 0. The van der Waals surface area contributed by atoms with Gasteiger partial charge in [0.05, 0.1) is 0 Å². The summed E-state index contributed by atoms with van der Waals surface area (Å²) in [6.45, 7) is 0. The first-order valence-electron chi connectivity index (χ1n) is 3.22. The van der Waals surface area contributed by atoms with Gasteiger partial charge in [0.1, 0.15) is 0 Å². The van der Waals surface area contributed by atoms with E-state index in [0.29, 0.717) is 0 Å². The lowest BCUT2D eigenvalue weighted by atomic mass is 10.3. The lowest BCUT2D eigenvalue weighted by molar-refractivity contribution is 0.658. The minimum atomic E-state index is 0.824. The van der Waals surface area contributed by atoms with Crippen molar-refractivity contribution in [3.05, 3.63) is 0 Å². The summed E-state index contributed by atoms with van der Waals surface area (Å²) in [5.74, 6) is 0. The average Bonchev–Trinajstić information content (AvgIpc) is 2.19. The van der Waals surface area contributed by atoms with Gasteiger partial charge >= 0.3 is 0 Å². The Morgan fingerprint density at radius 3 is 2.50 bits per heavy atom. The van der Waals surface area contributed by atoms with Crippen molar-refractivity contribution in [1.82, 2.24) is 4.72 Å². The smallest absolute Gasteiger partial charge is 0.0171 e. The second-order valence-corrected chi connectivity index (χ2v) is 2.95. The summed E-state index contributed by atoms with van der Waals surface area (Å²) >= 11 is 1.75. The Morgan fingerprint density at radius 1 is 1.38 bits per heavy atom. The molecule has 0 atom stereocenters. The van der Waals surface area contributed by atoms with Crippen molar-refractivity contribution in [3.63, 3.8) is 0 Å². The molecule has 48 valence electrons. The highest BCUT2D eigenvalue weighted by Crippen LogP contribution is 2.18. The van der Waals surface area contributed by atoms with Crippen LogP contribution in [0.15, 0.2) is 0 Å². The second-order valence-electron chi connectivity index (χ2n) is 2.30. The highest BCUT2D eigenvalue weighted by atomic mass is 32.2. The zero-order valence-electron chi connectivity index (χ0n) is 5.31. The number of nitrogens with one attached hydrogen (secondary N) is 1. The number of hydrogen-bond donors (Lipinski definition) is 1. The molecular weight excluding hydrogens is 118 g/mol. The topological polar surface area (TPSA) is 12.0 Å². The van der Waals surface area contributed by atoms with Gasteiger partial charge in [0.15, 0.2) is 0 Å². The van der Waals surface area contributed by atoms with Crippen LogP contribution in [0.2, 0.25) is 0 Å². The third-order valence-electron chi connectivity index (χ3n) is 1.64. The molecule has 1 fully saturated rings. The van der Waals surface area contributed by atoms with E-state index in [2.05, 4.69) is 11.0 Å². The molecule has 0 aromatic heterocycles. The first-order chi connectivity index (χ1) is 3.93. The van der Waals surface area contributed by atoms with Crippen LogP contribution in [0.1, 0.15) is 25.7 Å². The average molecular weight is 131 g/mol. The van der Waals surface area contributed by atoms with Gasteiger partial charge in [-0.1, -0.05) is 24.8 Å². The maximum atomic E-state index is 3.36. The summed E-state index contributed by atoms with van der Waals surface area (Å²) < 4.78 is 3.36. The molecular formula is C6H13NS. The molecule has 0 bridgehead atoms. The van der Waals surface area contributed by atoms with E-state index < -0.39 is 0 Å². The molecule has 1 aliphatic rings. The molecule has 0 spiro atoms. The minimum absolute atomic E-state index is 0.824. The summed E-state index contributed by atoms with van der Waals surface area (Å²) in [6.07, 6.45) is 7.73. The second kappa shape index (κ2) is 3.36. The summed E-state index contributed by atoms with van der Waals surface area (Å²) in [7, 11) is 0. The Labute approximate surface area is 55.4 Å². The molecule has 0 unspecified atom stereocenters. The van der Waals surface area contributed by atoms with Crippen LogP contribution in [0.25, 0.3) is 0 Å². The van der Waals surface area contributed by atoms with E-state index in [9.17, 15) is 0 Å². The van der Waals surface area contributed by atoms with Gasteiger partial charge in [-0.05, 0) is 19.1 Å². The van der Waals surface area contributed by atoms with Gasteiger partial charge in [-0.25, -0.2) is 0 Å². The predicted octanol–water partition coefficient (Wildman–Crippen LogP) is 1.80. The Hall–Kier alpha value is 0.310. The van der Waals surface area contributed by atoms with E-state index >= 15 is 0 Å². The fourth-order valence-corrected chi connectivity index (χ4v) is 1.78. The van der Waals surface area contributed by atoms with Gasteiger partial charge in [0, 0.05) is 6.04 Å². The monoisotopic (exact) mass is 131 g/mol. The van der Waals surface area contributed by atoms with Crippen LogP contribution in [0.5, 0.6) is 0 Å². The molecule has 1 rings (SSSR count). The molecule has 1 saturated carbocycles. The number of hydrogen-bond acceptors (Lipinski definition) is 2. The standard InChI is InChI=1S/C6H13NS/c1-8-7-6-4-2-3-5-6/h6-7H,2-5H2,1H3. The summed E-state index contributed by atoms with van der Waals surface area (Å²) in [4.78, 5) is 0. The molecule has 0 aromatic carbocycles. The Kier molecular flexibility index (Phi) is 2.70. The van der Waals surface area contributed by atoms with E-state index in [1.807, 2.05) is 0 Å². The van der Waals surface area contributed by atoms with Crippen LogP contribution in [0.4, 0.5) is 0 Å². The zero-order valence-corrected chi connectivity index (χ0v) is 6.13. The van der Waals surface area contributed by atoms with Crippen LogP contribution in [0, 0.1) is 0 Å². The molecule has 0 heterocycles. The number of rotatable bonds is 2. The van der Waals surface area contributed by atoms with Crippen molar-refractivity contribution in [2.24, 2.45) is 0 Å². The van der Waals surface area contributed by atoms with Gasteiger partial charge in [-0.3, -0.25) is 4.72 Å². The van der Waals surface area contributed by atoms with Crippen molar-refractivity contribution in [1.29, 1.82) is 0 Å². The van der Waals surface area contributed by atoms with E-state index in [0.717, 1.165) is 6.04 Å². The van der Waals surface area contributed by atoms with E-state index in [4.69, 9.17) is 0 Å². The van der Waals surface area contributed by atoms with Crippen molar-refractivity contribution < 1.29 is 0 Å². The highest BCUT2D eigenvalue weighted by molar-refractivity contribution is 7.96. The molecule has 0 radical (unpaired) electrons. The van der Waals surface area contributed by atoms with E-state index in [1.54, 1.807) is 11.9 Å². The molecule has 2 heteroatoms. The maximum Gasteiger partial charge on any atom is 0.0171 e. The van der Waals surface area contributed by atoms with Gasteiger partial charge in [-0.15, -0.1) is 0 Å². The minimum Gasteiger partial charge on any atom is -0.261 e. The molecule has 8 heavy (non-hydrogen) atoms. The highest BCUT2D eigenvalue weighted by Gasteiger charge is 2.12. The lowest BCUT2D eigenvalue weighted by Gasteiger charge is -2.06. The van der Waals surface area contributed by atoms with Gasteiger partial charge in [-0.2, -0.15) is 0 Å². The van der Waals surface area contributed by atoms with Crippen LogP contribution in [-0.2, 0) is 0 Å². The third-order valence-corrected chi connectivity index (χ3v) is 2.21. The van der Waals surface area contributed by atoms with Crippen LogP contribution in [-0.4, -0.2) is 12.3 Å². The fourth-order valence-electron chi connectivity index (χ4n) is 1.21. The van der Waals surface area contributed by atoms with Crippen molar-refractivity contribution in [2.45, 2.75) is 31.7 Å². The first-order valence-corrected chi connectivity index (χ1v) is 4.44. The third kappa shape index (κ3) is 1.67. The molecule has 0 aliphatic heterocycles. The van der Waals surface area contributed by atoms with Gasteiger partial charge in [0.25, 0.3) is 0 Å². The Balaban J connectivity index is 2.06. The predicted molar refractivity (Wildman–Crippen MR) is 38.9 cm³/mol. The molecule has 0 saturated heterocycles. The molecule has 0 aromatic rings.